The summed E-state index contributed by atoms with van der Waals surface area (Å²) in [6.07, 6.45) is 6.85. The fourth-order valence-electron chi connectivity index (χ4n) is 4.63. The molecule has 0 fully saturated rings. The van der Waals surface area contributed by atoms with Crippen molar-refractivity contribution in [3.63, 3.8) is 0 Å². The lowest BCUT2D eigenvalue weighted by atomic mass is 10.1. The van der Waals surface area contributed by atoms with Crippen molar-refractivity contribution in [2.45, 2.75) is 0 Å². The molecule has 0 saturated heterocycles. The minimum absolute atomic E-state index is 0.410. The van der Waals surface area contributed by atoms with Gasteiger partial charge in [0.25, 0.3) is 0 Å². The van der Waals surface area contributed by atoms with Gasteiger partial charge in [0.1, 0.15) is 41.7 Å². The molecule has 0 spiro atoms. The summed E-state index contributed by atoms with van der Waals surface area (Å²) in [5.41, 5.74) is 5.38. The van der Waals surface area contributed by atoms with E-state index in [1.807, 2.05) is 51.3 Å². The summed E-state index contributed by atoms with van der Waals surface area (Å²) in [6.45, 7) is 2.50. The van der Waals surface area contributed by atoms with E-state index in [9.17, 15) is 4.39 Å². The van der Waals surface area contributed by atoms with Crippen molar-refractivity contribution in [1.82, 2.24) is 44.9 Å². The molecule has 2 N–H and O–H groups in total. The molecule has 0 atom stereocenters. The third-order valence-electron chi connectivity index (χ3n) is 6.84. The van der Waals surface area contributed by atoms with Gasteiger partial charge in [0, 0.05) is 48.1 Å². The van der Waals surface area contributed by atoms with Crippen molar-refractivity contribution in [3.05, 3.63) is 67.0 Å². The van der Waals surface area contributed by atoms with Gasteiger partial charge in [0.15, 0.2) is 5.82 Å². The molecule has 0 amide bonds. The van der Waals surface area contributed by atoms with Gasteiger partial charge in [-0.15, -0.1) is 0 Å². The topological polar surface area (TPSA) is 121 Å². The number of benzene rings is 1. The third kappa shape index (κ3) is 6.30. The van der Waals surface area contributed by atoms with Crippen LogP contribution >= 0.6 is 0 Å². The monoisotopic (exact) mass is 581 g/mol. The van der Waals surface area contributed by atoms with Crippen LogP contribution in [0.5, 0.6) is 11.5 Å². The van der Waals surface area contributed by atoms with Crippen LogP contribution in [0.1, 0.15) is 0 Å². The second-order valence-electron chi connectivity index (χ2n) is 10.7. The maximum atomic E-state index is 14.6. The Morgan fingerprint density at radius 1 is 0.791 bits per heavy atom. The van der Waals surface area contributed by atoms with Crippen molar-refractivity contribution in [3.8, 4) is 45.5 Å². The number of aromatic amines is 2. The number of rotatable bonds is 11. The zero-order valence-corrected chi connectivity index (χ0v) is 24.4. The van der Waals surface area contributed by atoms with E-state index in [-0.39, 0.29) is 0 Å². The molecule has 5 heterocycles. The van der Waals surface area contributed by atoms with Gasteiger partial charge in [-0.3, -0.25) is 20.1 Å². The summed E-state index contributed by atoms with van der Waals surface area (Å²) >= 11 is 0. The number of hydrogen-bond donors (Lipinski definition) is 2. The number of likely N-dealkylation sites (N-methyl/N-ethyl adjacent to an activating group) is 2. The summed E-state index contributed by atoms with van der Waals surface area (Å²) < 4.78 is 26.3. The molecule has 0 unspecified atom stereocenters. The first kappa shape index (κ1) is 28.2. The second kappa shape index (κ2) is 12.1. The standard InChI is InChI=1S/C31H32FN9O2/c1-40(2)7-9-42-22-12-19(11-21(32)14-22)28-30-25(5-6-34-28)36-31(37-30)29-24-15-26(35-18-27(24)38-39-29)20-13-23(17-33-16-20)43-10-8-41(3)4/h5-6,11-18H,7-10H2,1-4H3,(H,36,37)(H,38,39). The van der Waals surface area contributed by atoms with Crippen LogP contribution in [-0.2, 0) is 0 Å². The molecule has 11 nitrogen and oxygen atoms in total. The lowest BCUT2D eigenvalue weighted by Crippen LogP contribution is -2.19. The Hall–Kier alpha value is -4.94. The van der Waals surface area contributed by atoms with Gasteiger partial charge in [-0.2, -0.15) is 5.10 Å². The molecule has 220 valence electrons. The molecule has 0 aliphatic heterocycles. The Bertz CT molecular complexity index is 1880. The van der Waals surface area contributed by atoms with E-state index in [4.69, 9.17) is 14.5 Å². The SMILES string of the molecule is CN(C)CCOc1cncc(-c2cc3c(-c4nc5c(-c6cc(F)cc(OCCN(C)C)c6)nccc5[nH]4)n[nH]c3cn2)c1. The Kier molecular flexibility index (Phi) is 7.95. The lowest BCUT2D eigenvalue weighted by Gasteiger charge is -2.12. The first-order chi connectivity index (χ1) is 20.8. The first-order valence-corrected chi connectivity index (χ1v) is 13.8. The Morgan fingerprint density at radius 2 is 1.56 bits per heavy atom. The zero-order valence-electron chi connectivity index (χ0n) is 24.4. The predicted octanol–water partition coefficient (Wildman–Crippen LogP) is 4.65. The molecule has 0 aliphatic carbocycles. The minimum atomic E-state index is -0.410. The number of nitrogens with one attached hydrogen (secondary N) is 2. The highest BCUT2D eigenvalue weighted by molar-refractivity contribution is 5.97. The van der Waals surface area contributed by atoms with E-state index in [2.05, 4.69) is 35.0 Å². The largest absolute Gasteiger partial charge is 0.492 e. The van der Waals surface area contributed by atoms with Crippen molar-refractivity contribution >= 4 is 21.9 Å². The van der Waals surface area contributed by atoms with Crippen molar-refractivity contribution in [2.75, 3.05) is 54.5 Å². The quantitative estimate of drug-likeness (QED) is 0.225. The Morgan fingerprint density at radius 3 is 2.35 bits per heavy atom. The summed E-state index contributed by atoms with van der Waals surface area (Å²) in [6, 6.07) is 10.3. The van der Waals surface area contributed by atoms with Crippen LogP contribution in [0.15, 0.2) is 61.2 Å². The number of pyridine rings is 3. The van der Waals surface area contributed by atoms with Crippen molar-refractivity contribution < 1.29 is 13.9 Å². The summed E-state index contributed by atoms with van der Waals surface area (Å²) in [7, 11) is 7.91. The van der Waals surface area contributed by atoms with Gasteiger partial charge in [0.2, 0.25) is 0 Å². The highest BCUT2D eigenvalue weighted by Gasteiger charge is 2.18. The fourth-order valence-corrected chi connectivity index (χ4v) is 4.63. The maximum absolute atomic E-state index is 14.6. The normalized spacial score (nSPS) is 11.7. The van der Waals surface area contributed by atoms with E-state index < -0.39 is 5.82 Å². The molecular formula is C31H32FN9O2. The number of fused-ring (bicyclic) bond motifs is 2. The van der Waals surface area contributed by atoms with Gasteiger partial charge >= 0.3 is 0 Å². The average Bonchev–Trinajstić information content (AvgIpc) is 3.60. The van der Waals surface area contributed by atoms with E-state index in [1.165, 1.54) is 12.1 Å². The number of halogens is 1. The van der Waals surface area contributed by atoms with E-state index in [1.54, 1.807) is 30.9 Å². The molecule has 0 bridgehead atoms. The summed E-state index contributed by atoms with van der Waals surface area (Å²) in [4.78, 5) is 25.8. The molecule has 12 heteroatoms. The Balaban J connectivity index is 1.33. The van der Waals surface area contributed by atoms with Gasteiger partial charge < -0.3 is 24.3 Å². The molecule has 5 aromatic heterocycles. The smallest absolute Gasteiger partial charge is 0.159 e. The highest BCUT2D eigenvalue weighted by atomic mass is 19.1. The number of nitrogens with zero attached hydrogens (tertiary/aromatic N) is 7. The Labute approximate surface area is 247 Å². The van der Waals surface area contributed by atoms with Crippen LogP contribution < -0.4 is 9.47 Å². The summed E-state index contributed by atoms with van der Waals surface area (Å²) in [5.74, 6) is 1.25. The predicted molar refractivity (Wildman–Crippen MR) is 163 cm³/mol. The fraction of sp³-hybridized carbons (Fsp3) is 0.258. The number of aromatic nitrogens is 7. The highest BCUT2D eigenvalue weighted by Crippen LogP contribution is 2.33. The molecule has 1 aromatic carbocycles. The molecular weight excluding hydrogens is 549 g/mol. The zero-order chi connectivity index (χ0) is 29.9. The number of ether oxygens (including phenoxy) is 2. The van der Waals surface area contributed by atoms with Crippen LogP contribution in [0.25, 0.3) is 56.0 Å². The van der Waals surface area contributed by atoms with Crippen LogP contribution in [0.3, 0.4) is 0 Å². The average molecular weight is 582 g/mol. The molecule has 0 radical (unpaired) electrons. The lowest BCUT2D eigenvalue weighted by molar-refractivity contribution is 0.260. The van der Waals surface area contributed by atoms with Gasteiger partial charge in [-0.1, -0.05) is 0 Å². The molecule has 6 aromatic rings. The van der Waals surface area contributed by atoms with E-state index in [0.29, 0.717) is 59.5 Å². The maximum Gasteiger partial charge on any atom is 0.159 e. The summed E-state index contributed by atoms with van der Waals surface area (Å²) in [5, 5.41) is 8.42. The van der Waals surface area contributed by atoms with Crippen LogP contribution in [-0.4, -0.2) is 99.4 Å². The molecule has 0 saturated carbocycles. The van der Waals surface area contributed by atoms with E-state index >= 15 is 0 Å². The van der Waals surface area contributed by atoms with Crippen LogP contribution in [0.4, 0.5) is 4.39 Å². The molecule has 43 heavy (non-hydrogen) atoms. The molecule has 0 aliphatic rings. The second-order valence-corrected chi connectivity index (χ2v) is 10.7. The number of imidazole rings is 1. The minimum Gasteiger partial charge on any atom is -0.492 e. The van der Waals surface area contributed by atoms with Gasteiger partial charge in [-0.05, 0) is 58.5 Å². The van der Waals surface area contributed by atoms with Crippen molar-refractivity contribution in [1.29, 1.82) is 0 Å². The molecule has 6 rings (SSSR count). The van der Waals surface area contributed by atoms with Gasteiger partial charge in [0.05, 0.1) is 34.8 Å². The van der Waals surface area contributed by atoms with Crippen LogP contribution in [0, 0.1) is 5.82 Å². The van der Waals surface area contributed by atoms with Gasteiger partial charge in [-0.25, -0.2) is 9.37 Å². The van der Waals surface area contributed by atoms with Crippen molar-refractivity contribution in [2.24, 2.45) is 0 Å². The van der Waals surface area contributed by atoms with E-state index in [0.717, 1.165) is 34.2 Å². The number of H-pyrrole nitrogens is 2. The van der Waals surface area contributed by atoms with Crippen LogP contribution in [0.2, 0.25) is 0 Å². The third-order valence-corrected chi connectivity index (χ3v) is 6.84. The number of hydrogen-bond acceptors (Lipinski definition) is 9. The first-order valence-electron chi connectivity index (χ1n) is 13.8.